The zero-order valence-corrected chi connectivity index (χ0v) is 11.5. The lowest BCUT2D eigenvalue weighted by Crippen LogP contribution is -2.18. The summed E-state index contributed by atoms with van der Waals surface area (Å²) in [6.07, 6.45) is 0. The Labute approximate surface area is 117 Å². The molecule has 1 unspecified atom stereocenters. The molecule has 3 rings (SSSR count). The van der Waals surface area contributed by atoms with Crippen LogP contribution >= 0.6 is 0 Å². The molecule has 1 atom stereocenters. The molecular weight excluding hydrogens is 253 g/mol. The summed E-state index contributed by atoms with van der Waals surface area (Å²) in [6, 6.07) is 14.9. The van der Waals surface area contributed by atoms with E-state index in [1.165, 1.54) is 0 Å². The largest absolute Gasteiger partial charge is 0.459 e. The average Bonchev–Trinajstić information content (AvgIpc) is 2.87. The van der Waals surface area contributed by atoms with Crippen molar-refractivity contribution in [2.24, 2.45) is 0 Å². The number of hydrogen-bond donors (Lipinski definition) is 1. The zero-order chi connectivity index (χ0) is 14.1. The van der Waals surface area contributed by atoms with Crippen LogP contribution in [0.5, 0.6) is 0 Å². The molecule has 102 valence electrons. The quantitative estimate of drug-likeness (QED) is 0.771. The number of benzene rings is 2. The summed E-state index contributed by atoms with van der Waals surface area (Å²) in [4.78, 5) is 0. The van der Waals surface area contributed by atoms with Gasteiger partial charge in [0.2, 0.25) is 0 Å². The third-order valence-corrected chi connectivity index (χ3v) is 3.55. The number of hydrogen-bond acceptors (Lipinski definition) is 2. The molecule has 0 radical (unpaired) electrons. The maximum atomic E-state index is 14.3. The minimum Gasteiger partial charge on any atom is -0.459 e. The molecule has 3 heteroatoms. The first kappa shape index (κ1) is 12.9. The number of nitrogens with one attached hydrogen (secondary N) is 1. The molecule has 0 aliphatic rings. The van der Waals surface area contributed by atoms with Gasteiger partial charge < -0.3 is 9.73 Å². The van der Waals surface area contributed by atoms with E-state index in [1.807, 2.05) is 36.4 Å². The monoisotopic (exact) mass is 269 g/mol. The molecule has 0 saturated carbocycles. The van der Waals surface area contributed by atoms with Crippen LogP contribution in [0.2, 0.25) is 0 Å². The van der Waals surface area contributed by atoms with Crippen molar-refractivity contribution in [3.8, 4) is 0 Å². The molecule has 1 heterocycles. The van der Waals surface area contributed by atoms with Crippen molar-refractivity contribution in [2.45, 2.75) is 13.0 Å². The molecule has 3 aromatic rings. The normalized spacial score (nSPS) is 12.8. The van der Waals surface area contributed by atoms with Crippen LogP contribution < -0.4 is 5.32 Å². The Hall–Kier alpha value is -2.13. The second kappa shape index (κ2) is 5.10. The van der Waals surface area contributed by atoms with Crippen molar-refractivity contribution < 1.29 is 8.81 Å². The Balaban J connectivity index is 2.11. The number of para-hydroxylation sites is 1. The van der Waals surface area contributed by atoms with E-state index in [1.54, 1.807) is 26.1 Å². The van der Waals surface area contributed by atoms with Gasteiger partial charge >= 0.3 is 0 Å². The molecule has 20 heavy (non-hydrogen) atoms. The molecule has 1 aromatic heterocycles. The van der Waals surface area contributed by atoms with E-state index in [-0.39, 0.29) is 11.9 Å². The van der Waals surface area contributed by atoms with Gasteiger partial charge in [0.25, 0.3) is 0 Å². The van der Waals surface area contributed by atoms with E-state index < -0.39 is 0 Å². The van der Waals surface area contributed by atoms with Gasteiger partial charge in [0.1, 0.15) is 17.2 Å². The van der Waals surface area contributed by atoms with Crippen LogP contribution in [0.25, 0.3) is 11.0 Å². The van der Waals surface area contributed by atoms with E-state index in [4.69, 9.17) is 4.42 Å². The Morgan fingerprint density at radius 1 is 1.10 bits per heavy atom. The minimum absolute atomic E-state index is 0.188. The van der Waals surface area contributed by atoms with E-state index >= 15 is 0 Å². The van der Waals surface area contributed by atoms with Gasteiger partial charge in [-0.2, -0.15) is 0 Å². The van der Waals surface area contributed by atoms with Crippen molar-refractivity contribution in [3.05, 3.63) is 71.2 Å². The van der Waals surface area contributed by atoms with E-state index in [2.05, 4.69) is 5.32 Å². The standard InChI is InChI=1S/C17H16FNO/c1-11-6-5-8-13(16(11)18)17(19-2)15-10-12-7-3-4-9-14(12)20-15/h3-10,17,19H,1-2H3. The Bertz CT molecular complexity index is 715. The summed E-state index contributed by atoms with van der Waals surface area (Å²) in [5.41, 5.74) is 2.06. The molecule has 0 spiro atoms. The van der Waals surface area contributed by atoms with Crippen LogP contribution in [0, 0.1) is 12.7 Å². The molecule has 0 saturated heterocycles. The fourth-order valence-corrected chi connectivity index (χ4v) is 2.49. The van der Waals surface area contributed by atoms with Crippen LogP contribution in [0.15, 0.2) is 52.9 Å². The van der Waals surface area contributed by atoms with Crippen LogP contribution in [-0.2, 0) is 0 Å². The molecule has 2 nitrogen and oxygen atoms in total. The van der Waals surface area contributed by atoms with Crippen LogP contribution in [0.4, 0.5) is 4.39 Å². The summed E-state index contributed by atoms with van der Waals surface area (Å²) in [7, 11) is 1.81. The van der Waals surface area contributed by atoms with Crippen molar-refractivity contribution >= 4 is 11.0 Å². The fraction of sp³-hybridized carbons (Fsp3) is 0.176. The van der Waals surface area contributed by atoms with Gasteiger partial charge in [-0.3, -0.25) is 0 Å². The average molecular weight is 269 g/mol. The van der Waals surface area contributed by atoms with Crippen LogP contribution in [0.1, 0.15) is 22.9 Å². The van der Waals surface area contributed by atoms with Gasteiger partial charge in [0.15, 0.2) is 0 Å². The lowest BCUT2D eigenvalue weighted by atomic mass is 10.0. The number of rotatable bonds is 3. The van der Waals surface area contributed by atoms with E-state index in [0.717, 1.165) is 16.7 Å². The lowest BCUT2D eigenvalue weighted by molar-refractivity contribution is 0.475. The molecule has 0 aliphatic heterocycles. The fourth-order valence-electron chi connectivity index (χ4n) is 2.49. The molecule has 0 aliphatic carbocycles. The van der Waals surface area contributed by atoms with Crippen molar-refractivity contribution in [1.82, 2.24) is 5.32 Å². The summed E-state index contributed by atoms with van der Waals surface area (Å²) < 4.78 is 20.1. The molecule has 0 fully saturated rings. The first-order valence-electron chi connectivity index (χ1n) is 6.61. The predicted octanol–water partition coefficient (Wildman–Crippen LogP) is 4.19. The maximum Gasteiger partial charge on any atom is 0.134 e. The van der Waals surface area contributed by atoms with Crippen molar-refractivity contribution in [2.75, 3.05) is 7.05 Å². The van der Waals surface area contributed by atoms with E-state index in [0.29, 0.717) is 11.1 Å². The number of fused-ring (bicyclic) bond motifs is 1. The second-order valence-corrected chi connectivity index (χ2v) is 4.89. The smallest absolute Gasteiger partial charge is 0.134 e. The number of halogens is 1. The minimum atomic E-state index is -0.290. The van der Waals surface area contributed by atoms with Crippen LogP contribution in [-0.4, -0.2) is 7.05 Å². The third kappa shape index (κ3) is 2.10. The SMILES string of the molecule is CNC(c1cc2ccccc2o1)c1cccc(C)c1F. The zero-order valence-electron chi connectivity index (χ0n) is 11.5. The lowest BCUT2D eigenvalue weighted by Gasteiger charge is -2.15. The van der Waals surface area contributed by atoms with Gasteiger partial charge in [-0.05, 0) is 31.7 Å². The Kier molecular flexibility index (Phi) is 3.28. The van der Waals surface area contributed by atoms with Gasteiger partial charge in [0, 0.05) is 10.9 Å². The van der Waals surface area contributed by atoms with Crippen molar-refractivity contribution in [3.63, 3.8) is 0 Å². The maximum absolute atomic E-state index is 14.3. The van der Waals surface area contributed by atoms with Gasteiger partial charge in [0.05, 0.1) is 6.04 Å². The number of aryl methyl sites for hydroxylation is 1. The highest BCUT2D eigenvalue weighted by atomic mass is 19.1. The topological polar surface area (TPSA) is 25.2 Å². The highest BCUT2D eigenvalue weighted by molar-refractivity contribution is 5.78. The highest BCUT2D eigenvalue weighted by Crippen LogP contribution is 2.30. The van der Waals surface area contributed by atoms with Crippen LogP contribution in [0.3, 0.4) is 0 Å². The molecule has 1 N–H and O–H groups in total. The molecular formula is C17H16FNO. The highest BCUT2D eigenvalue weighted by Gasteiger charge is 2.20. The first-order chi connectivity index (χ1) is 9.70. The third-order valence-electron chi connectivity index (χ3n) is 3.55. The van der Waals surface area contributed by atoms with Gasteiger partial charge in [-0.15, -0.1) is 0 Å². The summed E-state index contributed by atoms with van der Waals surface area (Å²) in [5.74, 6) is 0.533. The van der Waals surface area contributed by atoms with Gasteiger partial charge in [-0.1, -0.05) is 36.4 Å². The summed E-state index contributed by atoms with van der Waals surface area (Å²) >= 11 is 0. The predicted molar refractivity (Wildman–Crippen MR) is 78.3 cm³/mol. The van der Waals surface area contributed by atoms with Gasteiger partial charge in [-0.25, -0.2) is 4.39 Å². The number of furan rings is 1. The molecule has 0 amide bonds. The van der Waals surface area contributed by atoms with E-state index in [9.17, 15) is 4.39 Å². The molecule has 0 bridgehead atoms. The summed E-state index contributed by atoms with van der Waals surface area (Å²) in [5, 5.41) is 4.15. The Morgan fingerprint density at radius 2 is 1.90 bits per heavy atom. The second-order valence-electron chi connectivity index (χ2n) is 4.89. The van der Waals surface area contributed by atoms with Crippen molar-refractivity contribution in [1.29, 1.82) is 0 Å². The Morgan fingerprint density at radius 3 is 2.65 bits per heavy atom. The first-order valence-corrected chi connectivity index (χ1v) is 6.61. The molecule has 2 aromatic carbocycles. The summed E-state index contributed by atoms with van der Waals surface area (Å²) in [6.45, 7) is 1.77.